The van der Waals surface area contributed by atoms with Gasteiger partial charge in [-0.25, -0.2) is 4.98 Å². The van der Waals surface area contributed by atoms with E-state index >= 15 is 0 Å². The van der Waals surface area contributed by atoms with Crippen molar-refractivity contribution < 1.29 is 9.15 Å². The first-order valence-electron chi connectivity index (χ1n) is 5.99. The van der Waals surface area contributed by atoms with Crippen molar-refractivity contribution in [3.63, 3.8) is 0 Å². The third-order valence-corrected chi connectivity index (χ3v) is 2.98. The molecule has 2 atom stereocenters. The van der Waals surface area contributed by atoms with E-state index in [0.29, 0.717) is 5.92 Å². The molecule has 0 spiro atoms. The summed E-state index contributed by atoms with van der Waals surface area (Å²) >= 11 is 0. The van der Waals surface area contributed by atoms with E-state index < -0.39 is 0 Å². The first-order valence-corrected chi connectivity index (χ1v) is 5.99. The Morgan fingerprint density at radius 1 is 1.62 bits per heavy atom. The van der Waals surface area contributed by atoms with Crippen LogP contribution in [0.2, 0.25) is 0 Å². The highest BCUT2D eigenvalue weighted by atomic mass is 16.5. The zero-order valence-corrected chi connectivity index (χ0v) is 10.0. The van der Waals surface area contributed by atoms with Crippen molar-refractivity contribution >= 4 is 0 Å². The molecule has 2 unspecified atom stereocenters. The Labute approximate surface area is 96.4 Å². The Morgan fingerprint density at radius 2 is 2.50 bits per heavy atom. The average molecular weight is 224 g/mol. The largest absolute Gasteiger partial charge is 0.444 e. The Morgan fingerprint density at radius 3 is 3.12 bits per heavy atom. The summed E-state index contributed by atoms with van der Waals surface area (Å²) in [6, 6.07) is 0.177. The van der Waals surface area contributed by atoms with Gasteiger partial charge in [0.25, 0.3) is 0 Å². The number of aryl methyl sites for hydroxylation is 1. The van der Waals surface area contributed by atoms with Crippen molar-refractivity contribution in [2.24, 2.45) is 5.92 Å². The molecule has 4 heteroatoms. The summed E-state index contributed by atoms with van der Waals surface area (Å²) in [6.07, 6.45) is 4.19. The second-order valence-corrected chi connectivity index (χ2v) is 4.52. The third kappa shape index (κ3) is 3.06. The monoisotopic (exact) mass is 224 g/mol. The van der Waals surface area contributed by atoms with Gasteiger partial charge >= 0.3 is 0 Å². The molecule has 1 aromatic rings. The van der Waals surface area contributed by atoms with Crippen LogP contribution in [0.5, 0.6) is 0 Å². The number of hydrogen-bond acceptors (Lipinski definition) is 4. The predicted octanol–water partition coefficient (Wildman–Crippen LogP) is 2.06. The fourth-order valence-corrected chi connectivity index (χ4v) is 1.97. The standard InChI is InChI=1S/C12H20N2O2/c1-9-6-14-12(16-9)10(2)13-7-11-4-3-5-15-8-11/h6,10-11,13H,3-5,7-8H2,1-2H3. The van der Waals surface area contributed by atoms with Gasteiger partial charge in [-0.3, -0.25) is 0 Å². The van der Waals surface area contributed by atoms with E-state index in [1.165, 1.54) is 12.8 Å². The van der Waals surface area contributed by atoms with Crippen LogP contribution in [0.25, 0.3) is 0 Å². The van der Waals surface area contributed by atoms with Crippen LogP contribution in [0, 0.1) is 12.8 Å². The fourth-order valence-electron chi connectivity index (χ4n) is 1.97. The number of hydrogen-bond donors (Lipinski definition) is 1. The molecule has 0 bridgehead atoms. The van der Waals surface area contributed by atoms with Gasteiger partial charge in [0.15, 0.2) is 0 Å². The van der Waals surface area contributed by atoms with Crippen molar-refractivity contribution in [3.8, 4) is 0 Å². The van der Waals surface area contributed by atoms with E-state index in [0.717, 1.165) is 31.4 Å². The molecule has 1 fully saturated rings. The highest BCUT2D eigenvalue weighted by Crippen LogP contribution is 2.16. The smallest absolute Gasteiger partial charge is 0.211 e. The van der Waals surface area contributed by atoms with E-state index in [-0.39, 0.29) is 6.04 Å². The minimum atomic E-state index is 0.177. The molecular formula is C12H20N2O2. The lowest BCUT2D eigenvalue weighted by Crippen LogP contribution is -2.30. The Kier molecular flexibility index (Phi) is 3.96. The predicted molar refractivity (Wildman–Crippen MR) is 61.2 cm³/mol. The van der Waals surface area contributed by atoms with Crippen LogP contribution in [0.15, 0.2) is 10.6 Å². The Balaban J connectivity index is 1.76. The molecule has 4 nitrogen and oxygen atoms in total. The summed E-state index contributed by atoms with van der Waals surface area (Å²) in [4.78, 5) is 4.22. The molecule has 1 saturated heterocycles. The highest BCUT2D eigenvalue weighted by molar-refractivity contribution is 4.95. The van der Waals surface area contributed by atoms with E-state index in [4.69, 9.17) is 9.15 Å². The molecule has 1 aromatic heterocycles. The summed E-state index contributed by atoms with van der Waals surface area (Å²) in [5.41, 5.74) is 0. The molecule has 1 aliphatic heterocycles. The number of oxazole rings is 1. The van der Waals surface area contributed by atoms with Crippen LogP contribution in [-0.4, -0.2) is 24.7 Å². The minimum Gasteiger partial charge on any atom is -0.444 e. The van der Waals surface area contributed by atoms with E-state index in [1.54, 1.807) is 6.20 Å². The van der Waals surface area contributed by atoms with Crippen molar-refractivity contribution in [1.82, 2.24) is 10.3 Å². The second-order valence-electron chi connectivity index (χ2n) is 4.52. The van der Waals surface area contributed by atoms with Gasteiger partial charge in [0.1, 0.15) is 5.76 Å². The lowest BCUT2D eigenvalue weighted by Gasteiger charge is -2.23. The van der Waals surface area contributed by atoms with Crippen LogP contribution < -0.4 is 5.32 Å². The van der Waals surface area contributed by atoms with Crippen LogP contribution in [0.4, 0.5) is 0 Å². The van der Waals surface area contributed by atoms with Gasteiger partial charge in [-0.2, -0.15) is 0 Å². The number of ether oxygens (including phenoxy) is 1. The van der Waals surface area contributed by atoms with E-state index in [9.17, 15) is 0 Å². The van der Waals surface area contributed by atoms with Crippen molar-refractivity contribution in [2.75, 3.05) is 19.8 Å². The number of nitrogens with one attached hydrogen (secondary N) is 1. The highest BCUT2D eigenvalue weighted by Gasteiger charge is 2.16. The van der Waals surface area contributed by atoms with Gasteiger partial charge in [0, 0.05) is 13.2 Å². The molecule has 1 N–H and O–H groups in total. The Bertz CT molecular complexity index is 319. The molecule has 0 aromatic carbocycles. The molecule has 0 amide bonds. The number of aromatic nitrogens is 1. The van der Waals surface area contributed by atoms with Crippen LogP contribution in [0.1, 0.15) is 37.5 Å². The molecule has 0 radical (unpaired) electrons. The second kappa shape index (κ2) is 5.46. The quantitative estimate of drug-likeness (QED) is 0.850. The molecule has 16 heavy (non-hydrogen) atoms. The van der Waals surface area contributed by atoms with Gasteiger partial charge in [-0.05, 0) is 32.6 Å². The number of rotatable bonds is 4. The maximum Gasteiger partial charge on any atom is 0.211 e. The lowest BCUT2D eigenvalue weighted by molar-refractivity contribution is 0.0536. The number of nitrogens with zero attached hydrogens (tertiary/aromatic N) is 1. The molecule has 0 saturated carbocycles. The zero-order chi connectivity index (χ0) is 11.4. The van der Waals surface area contributed by atoms with Crippen molar-refractivity contribution in [1.29, 1.82) is 0 Å². The summed E-state index contributed by atoms with van der Waals surface area (Å²) < 4.78 is 10.9. The SMILES string of the molecule is Cc1cnc(C(C)NCC2CCCOC2)o1. The normalized spacial score (nSPS) is 23.2. The first-order chi connectivity index (χ1) is 7.75. The topological polar surface area (TPSA) is 47.3 Å². The van der Waals surface area contributed by atoms with Crippen LogP contribution >= 0.6 is 0 Å². The maximum absolute atomic E-state index is 5.48. The van der Waals surface area contributed by atoms with E-state index in [2.05, 4.69) is 17.2 Å². The fraction of sp³-hybridized carbons (Fsp3) is 0.750. The molecule has 2 heterocycles. The van der Waals surface area contributed by atoms with Crippen molar-refractivity contribution in [3.05, 3.63) is 17.8 Å². The van der Waals surface area contributed by atoms with Crippen LogP contribution in [-0.2, 0) is 4.74 Å². The first kappa shape index (κ1) is 11.6. The molecule has 0 aliphatic carbocycles. The maximum atomic E-state index is 5.48. The van der Waals surface area contributed by atoms with E-state index in [1.807, 2.05) is 6.92 Å². The molecule has 2 rings (SSSR count). The summed E-state index contributed by atoms with van der Waals surface area (Å²) in [7, 11) is 0. The van der Waals surface area contributed by atoms with Gasteiger partial charge in [-0.1, -0.05) is 0 Å². The molecular weight excluding hydrogens is 204 g/mol. The summed E-state index contributed by atoms with van der Waals surface area (Å²) in [5, 5.41) is 3.45. The minimum absolute atomic E-state index is 0.177. The average Bonchev–Trinajstić information content (AvgIpc) is 2.74. The third-order valence-electron chi connectivity index (χ3n) is 2.98. The molecule has 1 aliphatic rings. The van der Waals surface area contributed by atoms with Crippen LogP contribution in [0.3, 0.4) is 0 Å². The van der Waals surface area contributed by atoms with Gasteiger partial charge in [-0.15, -0.1) is 0 Å². The van der Waals surface area contributed by atoms with Gasteiger partial charge < -0.3 is 14.5 Å². The van der Waals surface area contributed by atoms with Crippen molar-refractivity contribution in [2.45, 2.75) is 32.7 Å². The molecule has 90 valence electrons. The summed E-state index contributed by atoms with van der Waals surface area (Å²) in [5.74, 6) is 2.27. The lowest BCUT2D eigenvalue weighted by atomic mass is 10.0. The summed E-state index contributed by atoms with van der Waals surface area (Å²) in [6.45, 7) is 6.77. The Hall–Kier alpha value is -0.870. The zero-order valence-electron chi connectivity index (χ0n) is 10.0. The van der Waals surface area contributed by atoms with Gasteiger partial charge in [0.2, 0.25) is 5.89 Å². The van der Waals surface area contributed by atoms with Gasteiger partial charge in [0.05, 0.1) is 18.8 Å².